The fourth-order valence-electron chi connectivity index (χ4n) is 3.25. The number of carbonyl (C=O) groups excluding carboxylic acids is 1. The zero-order chi connectivity index (χ0) is 21.5. The number of hydrogen-bond donors (Lipinski definition) is 3. The van der Waals surface area contributed by atoms with E-state index in [4.69, 9.17) is 4.74 Å². The molecule has 0 saturated carbocycles. The Labute approximate surface area is 175 Å². The highest BCUT2D eigenvalue weighted by Gasteiger charge is 2.22. The van der Waals surface area contributed by atoms with E-state index in [1.165, 1.54) is 6.07 Å². The molecule has 10 heteroatoms. The molecular weight excluding hydrogens is 389 g/mol. The molecule has 1 aliphatic heterocycles. The maximum absolute atomic E-state index is 13.6. The van der Waals surface area contributed by atoms with Gasteiger partial charge in [-0.1, -0.05) is 6.07 Å². The highest BCUT2D eigenvalue weighted by molar-refractivity contribution is 5.94. The molecule has 0 radical (unpaired) electrons. The Balaban J connectivity index is 1.42. The SMILES string of the molecule is CN=C(NCCNC(=O)c1ccc(C)c(F)c1)NC1CCc2nc(COC)nn2C1. The summed E-state index contributed by atoms with van der Waals surface area (Å²) in [4.78, 5) is 20.8. The van der Waals surface area contributed by atoms with Gasteiger partial charge < -0.3 is 20.7 Å². The van der Waals surface area contributed by atoms with E-state index in [2.05, 4.69) is 31.0 Å². The molecule has 1 atom stereocenters. The maximum atomic E-state index is 13.6. The fourth-order valence-corrected chi connectivity index (χ4v) is 3.25. The molecular formula is C20H28FN7O2. The van der Waals surface area contributed by atoms with Gasteiger partial charge in [-0.25, -0.2) is 14.1 Å². The van der Waals surface area contributed by atoms with Crippen LogP contribution >= 0.6 is 0 Å². The van der Waals surface area contributed by atoms with Gasteiger partial charge in [-0.2, -0.15) is 5.10 Å². The molecule has 1 unspecified atom stereocenters. The van der Waals surface area contributed by atoms with E-state index in [1.54, 1.807) is 33.2 Å². The first-order valence-corrected chi connectivity index (χ1v) is 9.93. The van der Waals surface area contributed by atoms with Gasteiger partial charge in [0, 0.05) is 45.3 Å². The molecule has 0 bridgehead atoms. The summed E-state index contributed by atoms with van der Waals surface area (Å²) in [6.07, 6.45) is 1.75. The zero-order valence-corrected chi connectivity index (χ0v) is 17.5. The summed E-state index contributed by atoms with van der Waals surface area (Å²) in [5.41, 5.74) is 0.818. The molecule has 1 aromatic heterocycles. The van der Waals surface area contributed by atoms with E-state index in [0.29, 0.717) is 49.2 Å². The van der Waals surface area contributed by atoms with Crippen molar-refractivity contribution in [2.45, 2.75) is 39.0 Å². The van der Waals surface area contributed by atoms with Gasteiger partial charge in [-0.3, -0.25) is 9.79 Å². The van der Waals surface area contributed by atoms with Crippen molar-refractivity contribution in [1.29, 1.82) is 0 Å². The van der Waals surface area contributed by atoms with Crippen molar-refractivity contribution in [3.63, 3.8) is 0 Å². The molecule has 2 heterocycles. The van der Waals surface area contributed by atoms with Crippen molar-refractivity contribution in [3.05, 3.63) is 46.8 Å². The van der Waals surface area contributed by atoms with Gasteiger partial charge in [-0.05, 0) is 31.0 Å². The molecule has 0 saturated heterocycles. The average Bonchev–Trinajstić information content (AvgIpc) is 3.14. The predicted octanol–water partition coefficient (Wildman–Crippen LogP) is 0.782. The Morgan fingerprint density at radius 1 is 1.37 bits per heavy atom. The second-order valence-corrected chi connectivity index (χ2v) is 7.16. The number of nitrogens with one attached hydrogen (secondary N) is 3. The van der Waals surface area contributed by atoms with E-state index >= 15 is 0 Å². The van der Waals surface area contributed by atoms with Gasteiger partial charge in [0.05, 0.1) is 6.54 Å². The molecule has 0 aliphatic carbocycles. The summed E-state index contributed by atoms with van der Waals surface area (Å²) < 4.78 is 20.6. The van der Waals surface area contributed by atoms with Gasteiger partial charge in [0.25, 0.3) is 5.91 Å². The summed E-state index contributed by atoms with van der Waals surface area (Å²) in [7, 11) is 3.32. The summed E-state index contributed by atoms with van der Waals surface area (Å²) in [5.74, 6) is 1.62. The van der Waals surface area contributed by atoms with E-state index in [-0.39, 0.29) is 17.8 Å². The summed E-state index contributed by atoms with van der Waals surface area (Å²) in [5, 5.41) is 13.8. The third kappa shape index (κ3) is 5.53. The summed E-state index contributed by atoms with van der Waals surface area (Å²) in [6.45, 7) is 3.63. The standard InChI is InChI=1S/C20H28FN7O2/c1-13-4-5-14(10-16(13)21)19(29)23-8-9-24-20(22-2)25-15-6-7-18-26-17(12-30-3)27-28(18)11-15/h4-5,10,15H,6-9,11-12H2,1-3H3,(H,23,29)(H2,22,24,25). The second kappa shape index (κ2) is 10.1. The van der Waals surface area contributed by atoms with Crippen LogP contribution in [0.15, 0.2) is 23.2 Å². The maximum Gasteiger partial charge on any atom is 0.251 e. The van der Waals surface area contributed by atoms with Gasteiger partial charge >= 0.3 is 0 Å². The highest BCUT2D eigenvalue weighted by atomic mass is 19.1. The van der Waals surface area contributed by atoms with Crippen molar-refractivity contribution in [1.82, 2.24) is 30.7 Å². The first kappa shape index (κ1) is 21.7. The van der Waals surface area contributed by atoms with Crippen LogP contribution in [-0.4, -0.2) is 59.9 Å². The normalized spacial score (nSPS) is 16.1. The minimum atomic E-state index is -0.386. The number of halogens is 1. The van der Waals surface area contributed by atoms with Crippen LogP contribution in [0.25, 0.3) is 0 Å². The number of amides is 1. The summed E-state index contributed by atoms with van der Waals surface area (Å²) in [6, 6.07) is 4.63. The molecule has 162 valence electrons. The number of benzene rings is 1. The largest absolute Gasteiger partial charge is 0.377 e. The first-order chi connectivity index (χ1) is 14.5. The lowest BCUT2D eigenvalue weighted by molar-refractivity contribution is 0.0954. The molecule has 2 aromatic rings. The molecule has 1 amide bonds. The molecule has 0 fully saturated rings. The molecule has 1 aliphatic rings. The number of carbonyl (C=O) groups is 1. The van der Waals surface area contributed by atoms with Crippen LogP contribution in [0.5, 0.6) is 0 Å². The Morgan fingerprint density at radius 3 is 2.90 bits per heavy atom. The molecule has 0 spiro atoms. The van der Waals surface area contributed by atoms with E-state index in [9.17, 15) is 9.18 Å². The number of rotatable bonds is 7. The smallest absolute Gasteiger partial charge is 0.251 e. The zero-order valence-electron chi connectivity index (χ0n) is 17.5. The lowest BCUT2D eigenvalue weighted by Crippen LogP contribution is -2.48. The van der Waals surface area contributed by atoms with E-state index in [1.807, 2.05) is 4.68 Å². The van der Waals surface area contributed by atoms with Crippen molar-refractivity contribution in [2.24, 2.45) is 4.99 Å². The average molecular weight is 417 g/mol. The molecule has 30 heavy (non-hydrogen) atoms. The number of ether oxygens (including phenoxy) is 1. The van der Waals surface area contributed by atoms with Crippen LogP contribution in [0.3, 0.4) is 0 Å². The minimum absolute atomic E-state index is 0.172. The Bertz CT molecular complexity index is 913. The molecule has 3 rings (SSSR count). The number of fused-ring (bicyclic) bond motifs is 1. The Kier molecular flexibility index (Phi) is 7.34. The third-order valence-electron chi connectivity index (χ3n) is 4.88. The molecule has 1 aromatic carbocycles. The Hall–Kier alpha value is -3.01. The molecule has 3 N–H and O–H groups in total. The van der Waals surface area contributed by atoms with E-state index in [0.717, 1.165) is 18.7 Å². The second-order valence-electron chi connectivity index (χ2n) is 7.16. The van der Waals surface area contributed by atoms with Crippen LogP contribution in [0.2, 0.25) is 0 Å². The topological polar surface area (TPSA) is 105 Å². The fraction of sp³-hybridized carbons (Fsp3) is 0.500. The highest BCUT2D eigenvalue weighted by Crippen LogP contribution is 2.13. The van der Waals surface area contributed by atoms with E-state index < -0.39 is 0 Å². The quantitative estimate of drug-likeness (QED) is 0.349. The molecule has 9 nitrogen and oxygen atoms in total. The first-order valence-electron chi connectivity index (χ1n) is 9.93. The van der Waals surface area contributed by atoms with Crippen LogP contribution in [0.4, 0.5) is 4.39 Å². The van der Waals surface area contributed by atoms with Gasteiger partial charge in [0.15, 0.2) is 11.8 Å². The van der Waals surface area contributed by atoms with Crippen molar-refractivity contribution < 1.29 is 13.9 Å². The van der Waals surface area contributed by atoms with Crippen LogP contribution in [-0.2, 0) is 24.3 Å². The van der Waals surface area contributed by atoms with Crippen molar-refractivity contribution in [3.8, 4) is 0 Å². The van der Waals surface area contributed by atoms with Gasteiger partial charge in [0.1, 0.15) is 18.2 Å². The van der Waals surface area contributed by atoms with Crippen LogP contribution in [0.1, 0.15) is 34.0 Å². The van der Waals surface area contributed by atoms with Crippen molar-refractivity contribution >= 4 is 11.9 Å². The monoisotopic (exact) mass is 417 g/mol. The minimum Gasteiger partial charge on any atom is -0.377 e. The number of aromatic nitrogens is 3. The Morgan fingerprint density at radius 2 is 2.17 bits per heavy atom. The number of guanidine groups is 1. The van der Waals surface area contributed by atoms with Crippen LogP contribution < -0.4 is 16.0 Å². The number of hydrogen-bond acceptors (Lipinski definition) is 5. The number of nitrogens with zero attached hydrogens (tertiary/aromatic N) is 4. The van der Waals surface area contributed by atoms with Gasteiger partial charge in [-0.15, -0.1) is 0 Å². The third-order valence-corrected chi connectivity index (χ3v) is 4.88. The lowest BCUT2D eigenvalue weighted by Gasteiger charge is -2.25. The summed E-state index contributed by atoms with van der Waals surface area (Å²) >= 11 is 0. The van der Waals surface area contributed by atoms with Gasteiger partial charge in [0.2, 0.25) is 0 Å². The number of aliphatic imine (C=N–C) groups is 1. The number of aryl methyl sites for hydroxylation is 2. The predicted molar refractivity (Wildman–Crippen MR) is 111 cm³/mol. The van der Waals surface area contributed by atoms with Crippen molar-refractivity contribution in [2.75, 3.05) is 27.2 Å². The lowest BCUT2D eigenvalue weighted by atomic mass is 10.1. The number of methoxy groups -OCH3 is 1. The van der Waals surface area contributed by atoms with Crippen LogP contribution in [0, 0.1) is 12.7 Å².